The number of anilines is 1. The Hall–Kier alpha value is -1.60. The van der Waals surface area contributed by atoms with Gasteiger partial charge in [0.1, 0.15) is 6.04 Å². The molecule has 0 bridgehead atoms. The zero-order valence-electron chi connectivity index (χ0n) is 17.0. The Kier molecular flexibility index (Phi) is 5.16. The summed E-state index contributed by atoms with van der Waals surface area (Å²) >= 11 is 0. The van der Waals surface area contributed by atoms with Gasteiger partial charge in [0.25, 0.3) is 0 Å². The molecule has 1 N–H and O–H groups in total. The van der Waals surface area contributed by atoms with Crippen LogP contribution in [0.4, 0.5) is 5.69 Å². The number of carbonyl (C=O) groups excluding carboxylic acids is 1. The molecule has 0 aliphatic carbocycles. The summed E-state index contributed by atoms with van der Waals surface area (Å²) in [6.07, 6.45) is 3.20. The standard InChI is InChI=1S/C21H31N3O3S/c1-14-10-15(2)13-24(12-14)28(26,27)17-6-7-19-18(11-17)16(3)20(22-19)21(25)23-8-4-5-9-23/h6-7,11,14-16,20,22H,4-5,8-10,12-13H2,1-3H3. The number of carbonyl (C=O) groups is 1. The maximum atomic E-state index is 13.2. The molecule has 4 unspecified atom stereocenters. The summed E-state index contributed by atoms with van der Waals surface area (Å²) in [7, 11) is -3.52. The summed E-state index contributed by atoms with van der Waals surface area (Å²) in [5.41, 5.74) is 1.81. The van der Waals surface area contributed by atoms with E-state index in [1.807, 2.05) is 17.9 Å². The zero-order valence-corrected chi connectivity index (χ0v) is 17.8. The van der Waals surface area contributed by atoms with Crippen molar-refractivity contribution >= 4 is 21.6 Å². The first-order chi connectivity index (χ1) is 13.3. The largest absolute Gasteiger partial charge is 0.373 e. The minimum absolute atomic E-state index is 0.0440. The van der Waals surface area contributed by atoms with Crippen molar-refractivity contribution in [1.82, 2.24) is 9.21 Å². The highest BCUT2D eigenvalue weighted by atomic mass is 32.2. The zero-order chi connectivity index (χ0) is 20.1. The number of sulfonamides is 1. The van der Waals surface area contributed by atoms with Crippen molar-refractivity contribution in [3.63, 3.8) is 0 Å². The predicted molar refractivity (Wildman–Crippen MR) is 110 cm³/mol. The van der Waals surface area contributed by atoms with E-state index in [4.69, 9.17) is 0 Å². The lowest BCUT2D eigenvalue weighted by molar-refractivity contribution is -0.131. The van der Waals surface area contributed by atoms with Crippen LogP contribution in [0.15, 0.2) is 23.1 Å². The second-order valence-electron chi connectivity index (χ2n) is 8.96. The summed E-state index contributed by atoms with van der Waals surface area (Å²) in [5, 5.41) is 3.33. The van der Waals surface area contributed by atoms with Crippen molar-refractivity contribution in [2.75, 3.05) is 31.5 Å². The quantitative estimate of drug-likeness (QED) is 0.840. The number of nitrogens with zero attached hydrogens (tertiary/aromatic N) is 2. The summed E-state index contributed by atoms with van der Waals surface area (Å²) < 4.78 is 28.1. The van der Waals surface area contributed by atoms with Crippen LogP contribution in [-0.4, -0.2) is 55.8 Å². The van der Waals surface area contributed by atoms with Crippen LogP contribution in [0, 0.1) is 11.8 Å². The fraction of sp³-hybridized carbons (Fsp3) is 0.667. The molecule has 4 atom stereocenters. The van der Waals surface area contributed by atoms with Gasteiger partial charge in [-0.3, -0.25) is 4.79 Å². The van der Waals surface area contributed by atoms with Crippen LogP contribution in [0.1, 0.15) is 51.5 Å². The van der Waals surface area contributed by atoms with Gasteiger partial charge in [-0.05, 0) is 54.9 Å². The first-order valence-electron chi connectivity index (χ1n) is 10.5. The highest BCUT2D eigenvalue weighted by molar-refractivity contribution is 7.89. The molecule has 3 aliphatic heterocycles. The number of likely N-dealkylation sites (tertiary alicyclic amines) is 1. The van der Waals surface area contributed by atoms with Crippen LogP contribution in [0.5, 0.6) is 0 Å². The average molecular weight is 406 g/mol. The van der Waals surface area contributed by atoms with E-state index in [1.165, 1.54) is 0 Å². The second kappa shape index (κ2) is 7.34. The molecule has 4 rings (SSSR count). The van der Waals surface area contributed by atoms with Crippen LogP contribution in [0.25, 0.3) is 0 Å². The van der Waals surface area contributed by atoms with Gasteiger partial charge in [0, 0.05) is 37.8 Å². The predicted octanol–water partition coefficient (Wildman–Crippen LogP) is 2.87. The lowest BCUT2D eigenvalue weighted by Crippen LogP contribution is -2.42. The summed E-state index contributed by atoms with van der Waals surface area (Å²) in [6, 6.07) is 4.98. The Morgan fingerprint density at radius 2 is 1.71 bits per heavy atom. The SMILES string of the molecule is CC1CC(C)CN(S(=O)(=O)c2ccc3c(c2)C(C)C(C(=O)N2CCCC2)N3)C1. The Morgan fingerprint density at radius 3 is 2.36 bits per heavy atom. The molecular formula is C21H31N3O3S. The van der Waals surface area contributed by atoms with Crippen molar-refractivity contribution in [3.8, 4) is 0 Å². The van der Waals surface area contributed by atoms with Gasteiger partial charge >= 0.3 is 0 Å². The van der Waals surface area contributed by atoms with E-state index < -0.39 is 10.0 Å². The van der Waals surface area contributed by atoms with Crippen molar-refractivity contribution in [2.45, 2.75) is 56.9 Å². The number of nitrogens with one attached hydrogen (secondary N) is 1. The second-order valence-corrected chi connectivity index (χ2v) is 10.9. The molecule has 0 spiro atoms. The van der Waals surface area contributed by atoms with Crippen molar-refractivity contribution in [3.05, 3.63) is 23.8 Å². The van der Waals surface area contributed by atoms with E-state index in [2.05, 4.69) is 19.2 Å². The molecule has 154 valence electrons. The molecule has 0 aromatic heterocycles. The summed E-state index contributed by atoms with van der Waals surface area (Å²) in [6.45, 7) is 9.04. The third-order valence-corrected chi connectivity index (χ3v) is 8.31. The fourth-order valence-electron chi connectivity index (χ4n) is 5.04. The third-order valence-electron chi connectivity index (χ3n) is 6.48. The average Bonchev–Trinajstić information content (AvgIpc) is 3.29. The maximum Gasteiger partial charge on any atom is 0.245 e. The number of hydrogen-bond acceptors (Lipinski definition) is 4. The molecule has 7 heteroatoms. The molecule has 1 amide bonds. The molecule has 1 aromatic rings. The van der Waals surface area contributed by atoms with E-state index in [0.717, 1.165) is 43.6 Å². The number of rotatable bonds is 3. The summed E-state index contributed by atoms with van der Waals surface area (Å²) in [5.74, 6) is 0.828. The lowest BCUT2D eigenvalue weighted by Gasteiger charge is -2.34. The van der Waals surface area contributed by atoms with E-state index in [-0.39, 0.29) is 17.9 Å². The fourth-order valence-corrected chi connectivity index (χ4v) is 6.76. The van der Waals surface area contributed by atoms with E-state index in [9.17, 15) is 13.2 Å². The molecule has 6 nitrogen and oxygen atoms in total. The molecule has 3 heterocycles. The number of fused-ring (bicyclic) bond motifs is 1. The molecule has 0 saturated carbocycles. The highest BCUT2D eigenvalue weighted by Crippen LogP contribution is 2.39. The number of benzene rings is 1. The van der Waals surface area contributed by atoms with Crippen LogP contribution in [0.3, 0.4) is 0 Å². The minimum atomic E-state index is -3.52. The van der Waals surface area contributed by atoms with Crippen molar-refractivity contribution in [1.29, 1.82) is 0 Å². The smallest absolute Gasteiger partial charge is 0.245 e. The Bertz CT molecular complexity index is 854. The number of hydrogen-bond donors (Lipinski definition) is 1. The third kappa shape index (κ3) is 3.43. The molecule has 2 fully saturated rings. The van der Waals surface area contributed by atoms with E-state index in [1.54, 1.807) is 16.4 Å². The van der Waals surface area contributed by atoms with E-state index in [0.29, 0.717) is 29.8 Å². The Morgan fingerprint density at radius 1 is 1.07 bits per heavy atom. The molecule has 1 aromatic carbocycles. The first kappa shape index (κ1) is 19.7. The van der Waals surface area contributed by atoms with Crippen molar-refractivity contribution < 1.29 is 13.2 Å². The van der Waals surface area contributed by atoms with Crippen LogP contribution >= 0.6 is 0 Å². The maximum absolute atomic E-state index is 13.2. The first-order valence-corrected chi connectivity index (χ1v) is 11.9. The van der Waals surface area contributed by atoms with Crippen molar-refractivity contribution in [2.24, 2.45) is 11.8 Å². The molecule has 2 saturated heterocycles. The van der Waals surface area contributed by atoms with Gasteiger partial charge < -0.3 is 10.2 Å². The number of piperidine rings is 1. The van der Waals surface area contributed by atoms with Crippen LogP contribution < -0.4 is 5.32 Å². The van der Waals surface area contributed by atoms with Crippen LogP contribution in [0.2, 0.25) is 0 Å². The Balaban J connectivity index is 1.58. The van der Waals surface area contributed by atoms with Gasteiger partial charge in [-0.25, -0.2) is 8.42 Å². The Labute approximate surface area is 168 Å². The van der Waals surface area contributed by atoms with Gasteiger partial charge in [-0.1, -0.05) is 20.8 Å². The molecule has 0 radical (unpaired) electrons. The minimum Gasteiger partial charge on any atom is -0.373 e. The van der Waals surface area contributed by atoms with Gasteiger partial charge in [-0.2, -0.15) is 4.31 Å². The van der Waals surface area contributed by atoms with Crippen LogP contribution in [-0.2, 0) is 14.8 Å². The molecule has 3 aliphatic rings. The van der Waals surface area contributed by atoms with E-state index >= 15 is 0 Å². The number of amides is 1. The molecular weight excluding hydrogens is 374 g/mol. The monoisotopic (exact) mass is 405 g/mol. The normalized spacial score (nSPS) is 30.9. The lowest BCUT2D eigenvalue weighted by atomic mass is 9.94. The summed E-state index contributed by atoms with van der Waals surface area (Å²) in [4.78, 5) is 15.1. The highest BCUT2D eigenvalue weighted by Gasteiger charge is 2.38. The van der Waals surface area contributed by atoms with Gasteiger partial charge in [-0.15, -0.1) is 0 Å². The molecule has 28 heavy (non-hydrogen) atoms. The van der Waals surface area contributed by atoms with Gasteiger partial charge in [0.05, 0.1) is 4.90 Å². The van der Waals surface area contributed by atoms with Gasteiger partial charge in [0.15, 0.2) is 0 Å². The van der Waals surface area contributed by atoms with Gasteiger partial charge in [0.2, 0.25) is 15.9 Å². The topological polar surface area (TPSA) is 69.7 Å².